The van der Waals surface area contributed by atoms with Crippen LogP contribution in [0.5, 0.6) is 0 Å². The lowest BCUT2D eigenvalue weighted by atomic mass is 10.1. The third-order valence-electron chi connectivity index (χ3n) is 3.31. The Morgan fingerprint density at radius 2 is 2.00 bits per heavy atom. The van der Waals surface area contributed by atoms with Gasteiger partial charge in [-0.3, -0.25) is 4.68 Å². The van der Waals surface area contributed by atoms with Gasteiger partial charge in [-0.25, -0.2) is 0 Å². The minimum Gasteiger partial charge on any atom is -0.398 e. The molecule has 2 N–H and O–H groups in total. The molecular formula is C17H14N4. The highest BCUT2D eigenvalue weighted by atomic mass is 15.3. The van der Waals surface area contributed by atoms with E-state index in [1.54, 1.807) is 12.3 Å². The van der Waals surface area contributed by atoms with Gasteiger partial charge in [0.25, 0.3) is 0 Å². The van der Waals surface area contributed by atoms with Crippen molar-refractivity contribution in [2.24, 2.45) is 0 Å². The number of hydrogen-bond donors (Lipinski definition) is 1. The van der Waals surface area contributed by atoms with Crippen LogP contribution in [-0.4, -0.2) is 9.78 Å². The van der Waals surface area contributed by atoms with Crippen molar-refractivity contribution in [3.63, 3.8) is 0 Å². The van der Waals surface area contributed by atoms with E-state index < -0.39 is 0 Å². The predicted molar refractivity (Wildman–Crippen MR) is 82.3 cm³/mol. The molecule has 0 radical (unpaired) electrons. The lowest BCUT2D eigenvalue weighted by Gasteiger charge is -2.03. The maximum absolute atomic E-state index is 8.93. The van der Waals surface area contributed by atoms with Crippen LogP contribution in [0.4, 0.5) is 5.69 Å². The van der Waals surface area contributed by atoms with Crippen molar-refractivity contribution in [1.82, 2.24) is 9.78 Å². The molecule has 2 aromatic carbocycles. The van der Waals surface area contributed by atoms with E-state index in [4.69, 9.17) is 11.0 Å². The number of anilines is 1. The molecular weight excluding hydrogens is 260 g/mol. The van der Waals surface area contributed by atoms with Crippen LogP contribution in [0.25, 0.3) is 11.1 Å². The fourth-order valence-corrected chi connectivity index (χ4v) is 2.28. The van der Waals surface area contributed by atoms with Crippen molar-refractivity contribution in [1.29, 1.82) is 5.26 Å². The number of nitrogen functional groups attached to an aromatic ring is 1. The Balaban J connectivity index is 1.86. The fraction of sp³-hybridized carbons (Fsp3) is 0.0588. The van der Waals surface area contributed by atoms with Crippen LogP contribution in [-0.2, 0) is 6.54 Å². The summed E-state index contributed by atoms with van der Waals surface area (Å²) in [7, 11) is 0. The number of nitrogens with zero attached hydrogens (tertiary/aromatic N) is 3. The molecule has 21 heavy (non-hydrogen) atoms. The number of hydrogen-bond acceptors (Lipinski definition) is 3. The first-order valence-electron chi connectivity index (χ1n) is 6.62. The molecule has 1 heterocycles. The summed E-state index contributed by atoms with van der Waals surface area (Å²) in [5.41, 5.74) is 10.4. The Bertz CT molecular complexity index is 811. The molecule has 0 saturated carbocycles. The third-order valence-corrected chi connectivity index (χ3v) is 3.31. The SMILES string of the molecule is N#Cc1cccc(Cn2cc(-c3ccccc3N)cn2)c1. The topological polar surface area (TPSA) is 67.6 Å². The molecule has 0 aliphatic rings. The normalized spacial score (nSPS) is 10.2. The minimum absolute atomic E-state index is 0.627. The number of nitriles is 1. The Morgan fingerprint density at radius 3 is 2.81 bits per heavy atom. The summed E-state index contributed by atoms with van der Waals surface area (Å²) < 4.78 is 1.85. The molecule has 0 unspecified atom stereocenters. The maximum Gasteiger partial charge on any atom is 0.0991 e. The van der Waals surface area contributed by atoms with Gasteiger partial charge in [-0.15, -0.1) is 0 Å². The van der Waals surface area contributed by atoms with Crippen LogP contribution in [0, 0.1) is 11.3 Å². The summed E-state index contributed by atoms with van der Waals surface area (Å²) in [5.74, 6) is 0. The Kier molecular flexibility index (Phi) is 3.40. The summed E-state index contributed by atoms with van der Waals surface area (Å²) in [6, 6.07) is 17.4. The number of rotatable bonds is 3. The van der Waals surface area contributed by atoms with E-state index in [2.05, 4.69) is 11.2 Å². The highest BCUT2D eigenvalue weighted by Crippen LogP contribution is 2.24. The van der Waals surface area contributed by atoms with Crippen molar-refractivity contribution >= 4 is 5.69 Å². The number of para-hydroxylation sites is 1. The van der Waals surface area contributed by atoms with Gasteiger partial charge in [0.2, 0.25) is 0 Å². The van der Waals surface area contributed by atoms with Gasteiger partial charge < -0.3 is 5.73 Å². The van der Waals surface area contributed by atoms with Crippen molar-refractivity contribution in [3.05, 3.63) is 72.1 Å². The van der Waals surface area contributed by atoms with Crippen LogP contribution in [0.2, 0.25) is 0 Å². The van der Waals surface area contributed by atoms with Gasteiger partial charge in [-0.2, -0.15) is 10.4 Å². The van der Waals surface area contributed by atoms with Crippen molar-refractivity contribution < 1.29 is 0 Å². The molecule has 1 aromatic heterocycles. The average molecular weight is 274 g/mol. The molecule has 4 heteroatoms. The monoisotopic (exact) mass is 274 g/mol. The minimum atomic E-state index is 0.627. The molecule has 0 spiro atoms. The van der Waals surface area contributed by atoms with Gasteiger partial charge >= 0.3 is 0 Å². The van der Waals surface area contributed by atoms with E-state index in [9.17, 15) is 0 Å². The first-order valence-corrected chi connectivity index (χ1v) is 6.62. The smallest absolute Gasteiger partial charge is 0.0991 e. The maximum atomic E-state index is 8.93. The standard InChI is InChI=1S/C17H14N4/c18-9-13-4-3-5-14(8-13)11-21-12-15(10-20-21)16-6-1-2-7-17(16)19/h1-8,10,12H,11,19H2. The first-order chi connectivity index (χ1) is 10.3. The van der Waals surface area contributed by atoms with E-state index in [1.807, 2.05) is 53.3 Å². The second kappa shape index (κ2) is 5.51. The zero-order chi connectivity index (χ0) is 14.7. The molecule has 0 fully saturated rings. The molecule has 3 rings (SSSR count). The van der Waals surface area contributed by atoms with Crippen LogP contribution < -0.4 is 5.73 Å². The van der Waals surface area contributed by atoms with Gasteiger partial charge in [0, 0.05) is 23.0 Å². The van der Waals surface area contributed by atoms with Crippen LogP contribution in [0.1, 0.15) is 11.1 Å². The molecule has 0 aliphatic heterocycles. The summed E-state index contributed by atoms with van der Waals surface area (Å²) in [4.78, 5) is 0. The van der Waals surface area contributed by atoms with Crippen molar-refractivity contribution in [2.75, 3.05) is 5.73 Å². The highest BCUT2D eigenvalue weighted by molar-refractivity contribution is 5.75. The summed E-state index contributed by atoms with van der Waals surface area (Å²) in [5, 5.41) is 13.3. The quantitative estimate of drug-likeness (QED) is 0.746. The van der Waals surface area contributed by atoms with E-state index in [-0.39, 0.29) is 0 Å². The molecule has 0 atom stereocenters. The molecule has 102 valence electrons. The largest absolute Gasteiger partial charge is 0.398 e. The van der Waals surface area contributed by atoms with E-state index >= 15 is 0 Å². The summed E-state index contributed by atoms with van der Waals surface area (Å²) >= 11 is 0. The van der Waals surface area contributed by atoms with Crippen molar-refractivity contribution in [3.8, 4) is 17.2 Å². The van der Waals surface area contributed by atoms with E-state index in [0.29, 0.717) is 12.1 Å². The highest BCUT2D eigenvalue weighted by Gasteiger charge is 2.05. The Hall–Kier alpha value is -3.06. The molecule has 0 bridgehead atoms. The second-order valence-electron chi connectivity index (χ2n) is 4.83. The zero-order valence-electron chi connectivity index (χ0n) is 11.4. The van der Waals surface area contributed by atoms with Gasteiger partial charge in [-0.05, 0) is 23.8 Å². The Morgan fingerprint density at radius 1 is 1.14 bits per heavy atom. The summed E-state index contributed by atoms with van der Waals surface area (Å²) in [6.07, 6.45) is 3.77. The molecule has 4 nitrogen and oxygen atoms in total. The van der Waals surface area contributed by atoms with Crippen LogP contribution in [0.3, 0.4) is 0 Å². The fourth-order valence-electron chi connectivity index (χ4n) is 2.28. The van der Waals surface area contributed by atoms with Gasteiger partial charge in [0.1, 0.15) is 0 Å². The van der Waals surface area contributed by atoms with E-state index in [0.717, 1.165) is 22.4 Å². The summed E-state index contributed by atoms with van der Waals surface area (Å²) in [6.45, 7) is 0.627. The lowest BCUT2D eigenvalue weighted by molar-refractivity contribution is 0.687. The van der Waals surface area contributed by atoms with Crippen LogP contribution in [0.15, 0.2) is 60.9 Å². The van der Waals surface area contributed by atoms with Gasteiger partial charge in [-0.1, -0.05) is 30.3 Å². The molecule has 0 aliphatic carbocycles. The molecule has 3 aromatic rings. The van der Waals surface area contributed by atoms with Gasteiger partial charge in [0.05, 0.1) is 24.4 Å². The number of benzene rings is 2. The molecule has 0 saturated heterocycles. The Labute approximate surface area is 123 Å². The second-order valence-corrected chi connectivity index (χ2v) is 4.83. The number of aromatic nitrogens is 2. The lowest BCUT2D eigenvalue weighted by Crippen LogP contribution is -1.99. The van der Waals surface area contributed by atoms with Gasteiger partial charge in [0.15, 0.2) is 0 Å². The molecule has 0 amide bonds. The zero-order valence-corrected chi connectivity index (χ0v) is 11.4. The number of nitrogens with two attached hydrogens (primary N) is 1. The average Bonchev–Trinajstić information content (AvgIpc) is 2.96. The van der Waals surface area contributed by atoms with E-state index in [1.165, 1.54) is 0 Å². The van der Waals surface area contributed by atoms with Crippen LogP contribution >= 0.6 is 0 Å². The van der Waals surface area contributed by atoms with Crippen molar-refractivity contribution in [2.45, 2.75) is 6.54 Å². The third kappa shape index (κ3) is 2.77. The predicted octanol–water partition coefficient (Wildman–Crippen LogP) is 3.05. The first kappa shape index (κ1) is 12.9.